The molecule has 4 rings (SSSR count). The average molecular weight is 422 g/mol. The molecule has 4 aromatic rings. The summed E-state index contributed by atoms with van der Waals surface area (Å²) < 4.78 is 41.7. The Morgan fingerprint density at radius 3 is 2.73 bits per heavy atom. The number of rotatable bonds is 2. The van der Waals surface area contributed by atoms with Crippen LogP contribution in [0.2, 0.25) is 0 Å². The van der Waals surface area contributed by atoms with Gasteiger partial charge in [-0.15, -0.1) is 0 Å². The lowest BCUT2D eigenvalue weighted by molar-refractivity contribution is -0.140. The van der Waals surface area contributed by atoms with Gasteiger partial charge in [0.05, 0.1) is 11.7 Å². The number of H-pyrrole nitrogens is 1. The van der Waals surface area contributed by atoms with E-state index in [9.17, 15) is 13.2 Å². The maximum atomic E-state index is 13.3. The Morgan fingerprint density at radius 2 is 2.00 bits per heavy atom. The molecule has 1 N–H and O–H groups in total. The van der Waals surface area contributed by atoms with Gasteiger partial charge >= 0.3 is 6.18 Å². The predicted molar refractivity (Wildman–Crippen MR) is 93.9 cm³/mol. The molecule has 1 aromatic carbocycles. The highest BCUT2D eigenvalue weighted by atomic mass is 79.9. The molecule has 0 saturated heterocycles. The van der Waals surface area contributed by atoms with Crippen molar-refractivity contribution in [3.63, 3.8) is 0 Å². The number of halogens is 4. The number of aryl methyl sites for hydroxylation is 1. The number of nitrogens with one attached hydrogen (secondary N) is 1. The molecule has 0 aliphatic rings. The van der Waals surface area contributed by atoms with Gasteiger partial charge < -0.3 is 0 Å². The number of fused-ring (bicyclic) bond motifs is 1. The third-order valence-corrected chi connectivity index (χ3v) is 4.42. The zero-order valence-corrected chi connectivity index (χ0v) is 14.9. The molecule has 3 aromatic heterocycles. The monoisotopic (exact) mass is 421 g/mol. The van der Waals surface area contributed by atoms with E-state index in [0.29, 0.717) is 15.9 Å². The summed E-state index contributed by atoms with van der Waals surface area (Å²) in [5.74, 6) is 0.183. The molecule has 0 bridgehead atoms. The van der Waals surface area contributed by atoms with E-state index in [1.54, 1.807) is 30.5 Å². The maximum absolute atomic E-state index is 13.3. The highest BCUT2D eigenvalue weighted by Gasteiger charge is 2.35. The van der Waals surface area contributed by atoms with Gasteiger partial charge in [0.25, 0.3) is 0 Å². The second kappa shape index (κ2) is 5.94. The molecule has 5 nitrogen and oxygen atoms in total. The van der Waals surface area contributed by atoms with Crippen LogP contribution in [0.4, 0.5) is 13.2 Å². The standard InChI is InChI=1S/C17H11BrF3N5/c1-9-4-12(5-11-7-23-25-15(9)11)26-8-13(17(19,20)21)24-16(26)10-2-3-22-14(18)6-10/h2-8H,1H3,(H,23,25). The molecular weight excluding hydrogens is 411 g/mol. The Kier molecular flexibility index (Phi) is 3.83. The molecule has 3 heterocycles. The quantitative estimate of drug-likeness (QED) is 0.468. The van der Waals surface area contributed by atoms with Gasteiger partial charge in [0.2, 0.25) is 0 Å². The van der Waals surface area contributed by atoms with Crippen LogP contribution in [0.15, 0.2) is 47.5 Å². The second-order valence-corrected chi connectivity index (χ2v) is 6.59. The van der Waals surface area contributed by atoms with Crippen LogP contribution in [0.5, 0.6) is 0 Å². The van der Waals surface area contributed by atoms with Crippen molar-refractivity contribution >= 4 is 26.8 Å². The minimum atomic E-state index is -4.54. The van der Waals surface area contributed by atoms with Gasteiger partial charge in [0, 0.05) is 29.0 Å². The fourth-order valence-electron chi connectivity index (χ4n) is 2.81. The van der Waals surface area contributed by atoms with Gasteiger partial charge in [-0.2, -0.15) is 18.3 Å². The molecule has 0 fully saturated rings. The molecule has 0 spiro atoms. The molecule has 0 aliphatic heterocycles. The maximum Gasteiger partial charge on any atom is 0.434 e. The van der Waals surface area contributed by atoms with Crippen molar-refractivity contribution in [3.8, 4) is 17.1 Å². The lowest BCUT2D eigenvalue weighted by atomic mass is 10.1. The molecule has 0 amide bonds. The molecule has 0 aliphatic carbocycles. The van der Waals surface area contributed by atoms with Crippen molar-refractivity contribution in [1.29, 1.82) is 0 Å². The number of hydrogen-bond donors (Lipinski definition) is 1. The fraction of sp³-hybridized carbons (Fsp3) is 0.118. The predicted octanol–water partition coefficient (Wildman–Crippen LogP) is 4.90. The Balaban J connectivity index is 1.98. The number of hydrogen-bond acceptors (Lipinski definition) is 3. The third kappa shape index (κ3) is 2.88. The fourth-order valence-corrected chi connectivity index (χ4v) is 3.18. The van der Waals surface area contributed by atoms with E-state index in [4.69, 9.17) is 0 Å². The number of imidazole rings is 1. The van der Waals surface area contributed by atoms with Crippen LogP contribution in [0, 0.1) is 6.92 Å². The van der Waals surface area contributed by atoms with Gasteiger partial charge in [-0.3, -0.25) is 9.67 Å². The summed E-state index contributed by atoms with van der Waals surface area (Å²) in [6, 6.07) is 6.81. The zero-order valence-electron chi connectivity index (χ0n) is 13.3. The highest BCUT2D eigenvalue weighted by molar-refractivity contribution is 9.10. The lowest BCUT2D eigenvalue weighted by Crippen LogP contribution is -2.05. The number of aromatic amines is 1. The summed E-state index contributed by atoms with van der Waals surface area (Å²) in [4.78, 5) is 7.85. The number of benzene rings is 1. The van der Waals surface area contributed by atoms with Gasteiger partial charge in [0.1, 0.15) is 10.4 Å². The Bertz CT molecular complexity index is 1110. The first-order valence-electron chi connectivity index (χ1n) is 7.55. The van der Waals surface area contributed by atoms with E-state index in [1.807, 2.05) is 6.92 Å². The van der Waals surface area contributed by atoms with E-state index in [-0.39, 0.29) is 5.82 Å². The number of pyridine rings is 1. The first-order valence-corrected chi connectivity index (χ1v) is 8.35. The summed E-state index contributed by atoms with van der Waals surface area (Å²) >= 11 is 3.24. The zero-order chi connectivity index (χ0) is 18.5. The molecule has 132 valence electrons. The van der Waals surface area contributed by atoms with Crippen molar-refractivity contribution in [3.05, 3.63) is 58.7 Å². The molecule has 0 saturated carbocycles. The van der Waals surface area contributed by atoms with Crippen molar-refractivity contribution in [2.75, 3.05) is 0 Å². The number of aromatic nitrogens is 5. The topological polar surface area (TPSA) is 59.4 Å². The van der Waals surface area contributed by atoms with Crippen molar-refractivity contribution < 1.29 is 13.2 Å². The SMILES string of the molecule is Cc1cc(-n2cc(C(F)(F)F)nc2-c2ccnc(Br)c2)cc2cn[nH]c12. The Hall–Kier alpha value is -2.68. The number of nitrogens with zero attached hydrogens (tertiary/aromatic N) is 4. The van der Waals surface area contributed by atoms with Crippen LogP contribution >= 0.6 is 15.9 Å². The summed E-state index contributed by atoms with van der Waals surface area (Å²) in [5.41, 5.74) is 1.86. The van der Waals surface area contributed by atoms with E-state index in [1.165, 1.54) is 10.8 Å². The summed E-state index contributed by atoms with van der Waals surface area (Å²) in [5, 5.41) is 7.68. The Morgan fingerprint density at radius 1 is 1.19 bits per heavy atom. The lowest BCUT2D eigenvalue weighted by Gasteiger charge is -2.09. The summed E-state index contributed by atoms with van der Waals surface area (Å²) in [7, 11) is 0. The number of alkyl halides is 3. The van der Waals surface area contributed by atoms with Crippen molar-refractivity contribution in [2.24, 2.45) is 0 Å². The van der Waals surface area contributed by atoms with E-state index < -0.39 is 11.9 Å². The third-order valence-electron chi connectivity index (χ3n) is 3.99. The summed E-state index contributed by atoms with van der Waals surface area (Å²) in [6.45, 7) is 1.87. The second-order valence-electron chi connectivity index (χ2n) is 5.78. The van der Waals surface area contributed by atoms with Crippen LogP contribution in [-0.4, -0.2) is 24.7 Å². The minimum absolute atomic E-state index is 0.183. The van der Waals surface area contributed by atoms with Crippen molar-refractivity contribution in [2.45, 2.75) is 13.1 Å². The van der Waals surface area contributed by atoms with Gasteiger partial charge in [-0.05, 0) is 52.7 Å². The molecule has 0 radical (unpaired) electrons. The highest BCUT2D eigenvalue weighted by Crippen LogP contribution is 2.33. The van der Waals surface area contributed by atoms with Gasteiger partial charge in [-0.1, -0.05) is 0 Å². The van der Waals surface area contributed by atoms with Crippen LogP contribution in [-0.2, 0) is 6.18 Å². The van der Waals surface area contributed by atoms with Crippen LogP contribution in [0.25, 0.3) is 28.0 Å². The molecule has 0 atom stereocenters. The van der Waals surface area contributed by atoms with Crippen molar-refractivity contribution in [1.82, 2.24) is 24.7 Å². The first-order chi connectivity index (χ1) is 12.3. The Labute approximate surface area is 154 Å². The smallest absolute Gasteiger partial charge is 0.299 e. The summed E-state index contributed by atoms with van der Waals surface area (Å²) in [6.07, 6.45) is -0.393. The van der Waals surface area contributed by atoms with Gasteiger partial charge in [-0.25, -0.2) is 9.97 Å². The molecular formula is C17H11BrF3N5. The normalized spacial score (nSPS) is 12.0. The molecule has 26 heavy (non-hydrogen) atoms. The molecule has 9 heteroatoms. The first kappa shape index (κ1) is 16.8. The average Bonchev–Trinajstić information content (AvgIpc) is 3.21. The van der Waals surface area contributed by atoms with Crippen LogP contribution < -0.4 is 0 Å². The van der Waals surface area contributed by atoms with E-state index in [2.05, 4.69) is 36.1 Å². The van der Waals surface area contributed by atoms with E-state index in [0.717, 1.165) is 22.7 Å². The van der Waals surface area contributed by atoms with Crippen LogP contribution in [0.1, 0.15) is 11.3 Å². The van der Waals surface area contributed by atoms with Crippen LogP contribution in [0.3, 0.4) is 0 Å². The minimum Gasteiger partial charge on any atom is -0.299 e. The van der Waals surface area contributed by atoms with Gasteiger partial charge in [0.15, 0.2) is 5.69 Å². The largest absolute Gasteiger partial charge is 0.434 e. The van der Waals surface area contributed by atoms with E-state index >= 15 is 0 Å². The molecule has 0 unspecified atom stereocenters.